The van der Waals surface area contributed by atoms with Crippen molar-refractivity contribution in [2.45, 2.75) is 43.8 Å². The number of alkyl halides is 3. The highest BCUT2D eigenvalue weighted by Crippen LogP contribution is 2.34. The van der Waals surface area contributed by atoms with Crippen molar-refractivity contribution in [1.29, 1.82) is 0 Å². The molecule has 0 spiro atoms. The van der Waals surface area contributed by atoms with Gasteiger partial charge in [0.15, 0.2) is 0 Å². The quantitative estimate of drug-likeness (QED) is 0.636. The zero-order chi connectivity index (χ0) is 17.7. The molecule has 1 aliphatic rings. The van der Waals surface area contributed by atoms with E-state index in [-0.39, 0.29) is 17.8 Å². The predicted octanol–water partition coefficient (Wildman–Crippen LogP) is 2.65. The first-order valence-corrected chi connectivity index (χ1v) is 7.63. The Morgan fingerprint density at radius 2 is 1.75 bits per heavy atom. The smallest absolute Gasteiger partial charge is 0.352 e. The minimum Gasteiger partial charge on any atom is -0.352 e. The maximum absolute atomic E-state index is 13.0. The molecule has 0 aromatic heterocycles. The number of hydrogen-bond acceptors (Lipinski definition) is 2. The number of rotatable bonds is 5. The first kappa shape index (κ1) is 18.2. The number of hydrogen-bond donors (Lipinski definition) is 2. The third kappa shape index (κ3) is 5.50. The number of amides is 2. The first-order valence-electron chi connectivity index (χ1n) is 7.63. The van der Waals surface area contributed by atoms with E-state index in [0.29, 0.717) is 6.42 Å². The Bertz CT molecular complexity index is 587. The molecule has 0 aliphatic heterocycles. The van der Waals surface area contributed by atoms with Crippen LogP contribution in [0.4, 0.5) is 17.6 Å². The van der Waals surface area contributed by atoms with Crippen LogP contribution < -0.4 is 10.6 Å². The summed E-state index contributed by atoms with van der Waals surface area (Å²) in [5.74, 6) is -1.93. The van der Waals surface area contributed by atoms with Crippen LogP contribution in [0.3, 0.4) is 0 Å². The summed E-state index contributed by atoms with van der Waals surface area (Å²) in [4.78, 5) is 23.2. The molecule has 2 amide bonds. The van der Waals surface area contributed by atoms with E-state index in [9.17, 15) is 27.2 Å². The Balaban J connectivity index is 1.86. The lowest BCUT2D eigenvalue weighted by molar-refractivity contribution is -0.140. The first-order chi connectivity index (χ1) is 11.2. The molecule has 1 saturated carbocycles. The van der Waals surface area contributed by atoms with Gasteiger partial charge in [-0.05, 0) is 30.5 Å². The van der Waals surface area contributed by atoms with E-state index in [4.69, 9.17) is 0 Å². The molecule has 1 aliphatic carbocycles. The average Bonchev–Trinajstić information content (AvgIpc) is 2.93. The van der Waals surface area contributed by atoms with Gasteiger partial charge in [-0.25, -0.2) is 4.39 Å². The normalized spacial score (nSPS) is 20.7. The highest BCUT2D eigenvalue weighted by Gasteiger charge is 2.31. The van der Waals surface area contributed by atoms with Crippen LogP contribution in [-0.2, 0) is 9.59 Å². The molecule has 2 rings (SSSR count). The molecular weight excluding hydrogens is 328 g/mol. The minimum absolute atomic E-state index is 0.00721. The van der Waals surface area contributed by atoms with Crippen LogP contribution in [0.1, 0.15) is 37.2 Å². The maximum Gasteiger partial charge on any atom is 0.405 e. The van der Waals surface area contributed by atoms with E-state index in [1.165, 1.54) is 12.1 Å². The van der Waals surface area contributed by atoms with Gasteiger partial charge in [0.25, 0.3) is 0 Å². The lowest BCUT2D eigenvalue weighted by Gasteiger charge is -2.21. The monoisotopic (exact) mass is 346 g/mol. The van der Waals surface area contributed by atoms with Crippen molar-refractivity contribution in [2.75, 3.05) is 6.54 Å². The van der Waals surface area contributed by atoms with Gasteiger partial charge in [0.2, 0.25) is 11.8 Å². The van der Waals surface area contributed by atoms with E-state index in [2.05, 4.69) is 5.32 Å². The number of nitrogens with one attached hydrogen (secondary N) is 2. The number of carbonyl (C=O) groups is 2. The Morgan fingerprint density at radius 1 is 1.08 bits per heavy atom. The summed E-state index contributed by atoms with van der Waals surface area (Å²) < 4.78 is 49.0. The molecular formula is C16H18F4N2O2. The van der Waals surface area contributed by atoms with Crippen LogP contribution in [0.15, 0.2) is 24.3 Å². The van der Waals surface area contributed by atoms with Gasteiger partial charge in [0, 0.05) is 12.0 Å². The van der Waals surface area contributed by atoms with Gasteiger partial charge in [-0.15, -0.1) is 0 Å². The zero-order valence-electron chi connectivity index (χ0n) is 12.8. The minimum atomic E-state index is -4.51. The molecule has 132 valence electrons. The van der Waals surface area contributed by atoms with Crippen LogP contribution in [0.2, 0.25) is 0 Å². The molecule has 1 fully saturated rings. The fourth-order valence-electron chi connectivity index (χ4n) is 2.91. The molecule has 4 nitrogen and oxygen atoms in total. The molecule has 1 aromatic carbocycles. The van der Waals surface area contributed by atoms with Gasteiger partial charge in [-0.2, -0.15) is 13.2 Å². The molecule has 0 saturated heterocycles. The third-order valence-electron chi connectivity index (χ3n) is 3.97. The molecule has 2 unspecified atom stereocenters. The second-order valence-corrected chi connectivity index (χ2v) is 5.83. The van der Waals surface area contributed by atoms with E-state index in [1.54, 1.807) is 17.4 Å². The second-order valence-electron chi connectivity index (χ2n) is 5.83. The summed E-state index contributed by atoms with van der Waals surface area (Å²) >= 11 is 0. The van der Waals surface area contributed by atoms with Crippen LogP contribution in [0, 0.1) is 5.82 Å². The van der Waals surface area contributed by atoms with Gasteiger partial charge in [-0.1, -0.05) is 18.6 Å². The largest absolute Gasteiger partial charge is 0.405 e. The standard InChI is InChI=1S/C16H18F4N2O2/c17-11-6-4-10(5-7-11)12-2-1-3-13(12)22-15(24)8-14(23)21-9-16(18,19)20/h4-7,12-13H,1-3,8-9H2,(H,21,23)(H,22,24). The van der Waals surface area contributed by atoms with Crippen molar-refractivity contribution in [2.24, 2.45) is 0 Å². The lowest BCUT2D eigenvalue weighted by Crippen LogP contribution is -2.41. The van der Waals surface area contributed by atoms with Crippen molar-refractivity contribution in [1.82, 2.24) is 10.6 Å². The topological polar surface area (TPSA) is 58.2 Å². The SMILES string of the molecule is O=C(CC(=O)NC1CCCC1c1ccc(F)cc1)NCC(F)(F)F. The van der Waals surface area contributed by atoms with Crippen molar-refractivity contribution >= 4 is 11.8 Å². The fraction of sp³-hybridized carbons (Fsp3) is 0.500. The molecule has 8 heteroatoms. The molecule has 0 bridgehead atoms. The van der Waals surface area contributed by atoms with Crippen LogP contribution in [0.5, 0.6) is 0 Å². The van der Waals surface area contributed by atoms with Crippen molar-refractivity contribution in [3.8, 4) is 0 Å². The van der Waals surface area contributed by atoms with Gasteiger partial charge in [0.1, 0.15) is 18.8 Å². The van der Waals surface area contributed by atoms with E-state index < -0.39 is 31.0 Å². The highest BCUT2D eigenvalue weighted by molar-refractivity contribution is 5.97. The summed E-state index contributed by atoms with van der Waals surface area (Å²) in [6.45, 7) is -1.46. The second kappa shape index (κ2) is 7.63. The summed E-state index contributed by atoms with van der Waals surface area (Å²) in [5.41, 5.74) is 0.890. The van der Waals surface area contributed by atoms with Gasteiger partial charge in [-0.3, -0.25) is 9.59 Å². The zero-order valence-corrected chi connectivity index (χ0v) is 12.8. The lowest BCUT2D eigenvalue weighted by atomic mass is 9.94. The van der Waals surface area contributed by atoms with Gasteiger partial charge >= 0.3 is 6.18 Å². The molecule has 2 N–H and O–H groups in total. The summed E-state index contributed by atoms with van der Waals surface area (Å²) in [7, 11) is 0. The summed E-state index contributed by atoms with van der Waals surface area (Å²) in [5, 5.41) is 4.36. The summed E-state index contributed by atoms with van der Waals surface area (Å²) in [6.07, 6.45) is -2.77. The van der Waals surface area contributed by atoms with E-state index >= 15 is 0 Å². The molecule has 1 aromatic rings. The highest BCUT2D eigenvalue weighted by atomic mass is 19.4. The van der Waals surface area contributed by atoms with Crippen LogP contribution in [-0.4, -0.2) is 30.6 Å². The van der Waals surface area contributed by atoms with Gasteiger partial charge in [0.05, 0.1) is 0 Å². The van der Waals surface area contributed by atoms with Crippen LogP contribution in [0.25, 0.3) is 0 Å². The van der Waals surface area contributed by atoms with E-state index in [0.717, 1.165) is 18.4 Å². The molecule has 0 radical (unpaired) electrons. The van der Waals surface area contributed by atoms with Crippen molar-refractivity contribution in [3.63, 3.8) is 0 Å². The molecule has 0 heterocycles. The van der Waals surface area contributed by atoms with E-state index in [1.807, 2.05) is 0 Å². The number of halogens is 4. The maximum atomic E-state index is 13.0. The predicted molar refractivity (Wildman–Crippen MR) is 78.6 cm³/mol. The Kier molecular flexibility index (Phi) is 5.80. The number of carbonyl (C=O) groups excluding carboxylic acids is 2. The van der Waals surface area contributed by atoms with Crippen LogP contribution >= 0.6 is 0 Å². The van der Waals surface area contributed by atoms with Crippen molar-refractivity contribution < 1.29 is 27.2 Å². The third-order valence-corrected chi connectivity index (χ3v) is 3.97. The van der Waals surface area contributed by atoms with Crippen molar-refractivity contribution in [3.05, 3.63) is 35.6 Å². The average molecular weight is 346 g/mol. The Labute approximate surface area is 136 Å². The molecule has 2 atom stereocenters. The van der Waals surface area contributed by atoms with Gasteiger partial charge < -0.3 is 10.6 Å². The Hall–Kier alpha value is -2.12. The summed E-state index contributed by atoms with van der Waals surface area (Å²) in [6, 6.07) is 5.79. The fourth-order valence-corrected chi connectivity index (χ4v) is 2.91. The Morgan fingerprint density at radius 3 is 2.38 bits per heavy atom. The molecule has 24 heavy (non-hydrogen) atoms. The number of benzene rings is 1.